The van der Waals surface area contributed by atoms with E-state index in [0.29, 0.717) is 29.5 Å². The molecule has 0 aliphatic heterocycles. The fourth-order valence-electron chi connectivity index (χ4n) is 2.36. The zero-order chi connectivity index (χ0) is 12.7. The van der Waals surface area contributed by atoms with Gasteiger partial charge < -0.3 is 15.1 Å². The van der Waals surface area contributed by atoms with E-state index in [2.05, 4.69) is 0 Å². The Morgan fingerprint density at radius 3 is 2.82 bits per heavy atom. The van der Waals surface area contributed by atoms with E-state index >= 15 is 0 Å². The fraction of sp³-hybridized carbons (Fsp3) is 0.417. The molecular formula is C12H14FNO3. The number of phenolic OH excluding ortho intramolecular Hbond substituents is 1. The second-order valence-corrected chi connectivity index (χ2v) is 4.37. The Morgan fingerprint density at radius 1 is 1.59 bits per heavy atom. The molecule has 1 aliphatic rings. The fourth-order valence-corrected chi connectivity index (χ4v) is 2.36. The number of aromatic hydroxyl groups is 1. The van der Waals surface area contributed by atoms with Gasteiger partial charge >= 0.3 is 6.09 Å². The zero-order valence-corrected chi connectivity index (χ0v) is 9.70. The summed E-state index contributed by atoms with van der Waals surface area (Å²) in [5.74, 6) is -0.941. The molecule has 1 atom stereocenters. The molecule has 92 valence electrons. The number of halogens is 1. The number of benzene rings is 1. The van der Waals surface area contributed by atoms with Gasteiger partial charge in [0.25, 0.3) is 0 Å². The zero-order valence-electron chi connectivity index (χ0n) is 9.70. The molecule has 1 unspecified atom stereocenters. The molecule has 0 saturated carbocycles. The van der Waals surface area contributed by atoms with Crippen LogP contribution in [-0.4, -0.2) is 28.3 Å². The van der Waals surface area contributed by atoms with Crippen LogP contribution in [0.5, 0.6) is 5.75 Å². The molecule has 0 spiro atoms. The molecule has 2 N–H and O–H groups in total. The summed E-state index contributed by atoms with van der Waals surface area (Å²) in [7, 11) is 1.47. The number of hydrogen-bond donors (Lipinski definition) is 2. The predicted molar refractivity (Wildman–Crippen MR) is 59.7 cm³/mol. The summed E-state index contributed by atoms with van der Waals surface area (Å²) in [6.45, 7) is 1.61. The number of carboxylic acid groups (broad SMARTS) is 1. The number of amides is 1. The Labute approximate surface area is 98.3 Å². The normalized spacial score (nSPS) is 17.9. The van der Waals surface area contributed by atoms with Gasteiger partial charge in [-0.1, -0.05) is 0 Å². The molecule has 1 aromatic carbocycles. The van der Waals surface area contributed by atoms with Gasteiger partial charge in [-0.15, -0.1) is 0 Å². The van der Waals surface area contributed by atoms with E-state index in [1.54, 1.807) is 13.0 Å². The van der Waals surface area contributed by atoms with Crippen LogP contribution < -0.4 is 0 Å². The highest BCUT2D eigenvalue weighted by molar-refractivity contribution is 5.66. The van der Waals surface area contributed by atoms with Crippen LogP contribution in [-0.2, 0) is 6.42 Å². The van der Waals surface area contributed by atoms with Crippen molar-refractivity contribution < 1.29 is 19.4 Å². The van der Waals surface area contributed by atoms with Crippen LogP contribution in [0.15, 0.2) is 6.07 Å². The maximum absolute atomic E-state index is 13.8. The van der Waals surface area contributed by atoms with Crippen LogP contribution in [0.4, 0.5) is 9.18 Å². The number of hydrogen-bond acceptors (Lipinski definition) is 2. The van der Waals surface area contributed by atoms with Crippen LogP contribution in [0.3, 0.4) is 0 Å². The maximum Gasteiger partial charge on any atom is 0.407 e. The van der Waals surface area contributed by atoms with Crippen molar-refractivity contribution >= 4 is 6.09 Å². The van der Waals surface area contributed by atoms with E-state index in [0.717, 1.165) is 0 Å². The largest absolute Gasteiger partial charge is 0.505 e. The van der Waals surface area contributed by atoms with Crippen molar-refractivity contribution in [3.05, 3.63) is 28.6 Å². The van der Waals surface area contributed by atoms with Gasteiger partial charge in [-0.2, -0.15) is 0 Å². The Bertz CT molecular complexity index is 487. The highest BCUT2D eigenvalue weighted by Crippen LogP contribution is 2.40. The second kappa shape index (κ2) is 3.91. The van der Waals surface area contributed by atoms with Crippen LogP contribution in [0.2, 0.25) is 0 Å². The SMILES string of the molecule is Cc1cc2c(c(F)c1O)CCC2N(C)C(=O)O. The molecule has 0 heterocycles. The summed E-state index contributed by atoms with van der Waals surface area (Å²) in [5, 5.41) is 18.4. The predicted octanol–water partition coefficient (Wildman–Crippen LogP) is 2.44. The average molecular weight is 239 g/mol. The van der Waals surface area contributed by atoms with Crippen LogP contribution in [0.1, 0.15) is 29.2 Å². The molecule has 2 rings (SSSR count). The first-order valence-electron chi connectivity index (χ1n) is 5.40. The van der Waals surface area contributed by atoms with Gasteiger partial charge in [-0.05, 0) is 42.5 Å². The second-order valence-electron chi connectivity index (χ2n) is 4.37. The van der Waals surface area contributed by atoms with Crippen LogP contribution in [0.25, 0.3) is 0 Å². The third kappa shape index (κ3) is 1.71. The molecule has 1 aromatic rings. The lowest BCUT2D eigenvalue weighted by atomic mass is 10.0. The number of phenols is 1. The third-order valence-electron chi connectivity index (χ3n) is 3.36. The standard InChI is InChI=1S/C12H14FNO3/c1-6-5-8-7(10(13)11(6)15)3-4-9(8)14(2)12(16)17/h5,9,15H,3-4H2,1-2H3,(H,16,17). The summed E-state index contributed by atoms with van der Waals surface area (Å²) < 4.78 is 13.8. The van der Waals surface area contributed by atoms with E-state index in [9.17, 15) is 14.3 Å². The summed E-state index contributed by atoms with van der Waals surface area (Å²) in [5.41, 5.74) is 1.54. The van der Waals surface area contributed by atoms with Crippen molar-refractivity contribution in [1.29, 1.82) is 0 Å². The highest BCUT2D eigenvalue weighted by Gasteiger charge is 2.32. The highest BCUT2D eigenvalue weighted by atomic mass is 19.1. The summed E-state index contributed by atoms with van der Waals surface area (Å²) in [4.78, 5) is 12.1. The molecule has 1 aliphatic carbocycles. The molecule has 1 amide bonds. The first-order chi connectivity index (χ1) is 7.93. The van der Waals surface area contributed by atoms with Crippen molar-refractivity contribution in [2.45, 2.75) is 25.8 Å². The molecular weight excluding hydrogens is 225 g/mol. The molecule has 0 radical (unpaired) electrons. The number of carbonyl (C=O) groups is 1. The Hall–Kier alpha value is -1.78. The van der Waals surface area contributed by atoms with Crippen molar-refractivity contribution in [3.8, 4) is 5.75 Å². The number of fused-ring (bicyclic) bond motifs is 1. The van der Waals surface area contributed by atoms with Gasteiger partial charge in [0.15, 0.2) is 11.6 Å². The van der Waals surface area contributed by atoms with E-state index in [4.69, 9.17) is 5.11 Å². The van der Waals surface area contributed by atoms with Crippen molar-refractivity contribution in [1.82, 2.24) is 4.90 Å². The molecule has 5 heteroatoms. The van der Waals surface area contributed by atoms with Gasteiger partial charge in [0.2, 0.25) is 0 Å². The minimum Gasteiger partial charge on any atom is -0.505 e. The quantitative estimate of drug-likeness (QED) is 0.791. The van der Waals surface area contributed by atoms with Crippen LogP contribution in [0, 0.1) is 12.7 Å². The lowest BCUT2D eigenvalue weighted by Crippen LogP contribution is -2.28. The Morgan fingerprint density at radius 2 is 2.24 bits per heavy atom. The van der Waals surface area contributed by atoms with E-state index in [1.165, 1.54) is 11.9 Å². The smallest absolute Gasteiger partial charge is 0.407 e. The molecule has 0 saturated heterocycles. The van der Waals surface area contributed by atoms with Crippen LogP contribution >= 0.6 is 0 Å². The minimum absolute atomic E-state index is 0.323. The number of rotatable bonds is 1. The van der Waals surface area contributed by atoms with Crippen molar-refractivity contribution in [2.75, 3.05) is 7.05 Å². The molecule has 17 heavy (non-hydrogen) atoms. The van der Waals surface area contributed by atoms with Crippen molar-refractivity contribution in [2.24, 2.45) is 0 Å². The van der Waals surface area contributed by atoms with Gasteiger partial charge in [0.05, 0.1) is 6.04 Å². The molecule has 0 aromatic heterocycles. The molecule has 0 fully saturated rings. The van der Waals surface area contributed by atoms with E-state index in [1.807, 2.05) is 0 Å². The van der Waals surface area contributed by atoms with Gasteiger partial charge in [-0.3, -0.25) is 0 Å². The Kier molecular flexibility index (Phi) is 2.69. The lowest BCUT2D eigenvalue weighted by Gasteiger charge is -2.22. The topological polar surface area (TPSA) is 60.8 Å². The molecule has 0 bridgehead atoms. The summed E-state index contributed by atoms with van der Waals surface area (Å²) in [6.07, 6.45) is -0.0242. The first-order valence-corrected chi connectivity index (χ1v) is 5.40. The average Bonchev–Trinajstić information content (AvgIpc) is 2.68. The Balaban J connectivity index is 2.49. The number of nitrogens with zero attached hydrogens (tertiary/aromatic N) is 1. The first kappa shape index (κ1) is 11.7. The third-order valence-corrected chi connectivity index (χ3v) is 3.36. The number of aryl methyl sites for hydroxylation is 1. The van der Waals surface area contributed by atoms with Gasteiger partial charge in [-0.25, -0.2) is 9.18 Å². The van der Waals surface area contributed by atoms with Crippen molar-refractivity contribution in [3.63, 3.8) is 0 Å². The minimum atomic E-state index is -1.03. The van der Waals surface area contributed by atoms with Gasteiger partial charge in [0.1, 0.15) is 0 Å². The van der Waals surface area contributed by atoms with Gasteiger partial charge in [0, 0.05) is 7.05 Å². The summed E-state index contributed by atoms with van der Waals surface area (Å²) in [6, 6.07) is 1.35. The maximum atomic E-state index is 13.8. The lowest BCUT2D eigenvalue weighted by molar-refractivity contribution is 0.138. The van der Waals surface area contributed by atoms with E-state index < -0.39 is 11.9 Å². The summed E-state index contributed by atoms with van der Waals surface area (Å²) >= 11 is 0. The monoisotopic (exact) mass is 239 g/mol. The molecule has 4 nitrogen and oxygen atoms in total. The van der Waals surface area contributed by atoms with E-state index in [-0.39, 0.29) is 11.8 Å².